The molecule has 8 nitrogen and oxygen atoms in total. The summed E-state index contributed by atoms with van der Waals surface area (Å²) in [6, 6.07) is 3.67. The first-order valence-corrected chi connectivity index (χ1v) is 10.7. The van der Waals surface area contributed by atoms with Crippen molar-refractivity contribution in [2.24, 2.45) is 7.05 Å². The molecule has 1 aliphatic rings. The molecule has 0 amide bonds. The number of aromatic nitrogens is 2. The van der Waals surface area contributed by atoms with E-state index >= 15 is 0 Å². The number of nitrogens with zero attached hydrogens (tertiary/aromatic N) is 2. The Morgan fingerprint density at radius 1 is 1.09 bits per heavy atom. The van der Waals surface area contributed by atoms with Gasteiger partial charge in [-0.2, -0.15) is 13.2 Å². The van der Waals surface area contributed by atoms with Crippen LogP contribution in [0.1, 0.15) is 55.6 Å². The fraction of sp³-hybridized carbons (Fsp3) is 0.455. The van der Waals surface area contributed by atoms with Crippen molar-refractivity contribution in [2.75, 3.05) is 0 Å². The van der Waals surface area contributed by atoms with Crippen molar-refractivity contribution in [3.8, 4) is 5.69 Å². The molecule has 1 aromatic carbocycles. The summed E-state index contributed by atoms with van der Waals surface area (Å²) in [5.74, 6) is -1.79. The van der Waals surface area contributed by atoms with Crippen LogP contribution in [-0.4, -0.2) is 32.8 Å². The summed E-state index contributed by atoms with van der Waals surface area (Å²) in [7, 11) is 0.866. The molecule has 184 valence electrons. The number of benzene rings is 1. The number of halogens is 4. The van der Waals surface area contributed by atoms with E-state index in [1.807, 2.05) is 0 Å². The van der Waals surface area contributed by atoms with Gasteiger partial charge in [0.25, 0.3) is 5.56 Å². The topological polar surface area (TPSA) is 96.6 Å². The van der Waals surface area contributed by atoms with Gasteiger partial charge in [0.05, 0.1) is 16.3 Å². The molecule has 0 saturated heterocycles. The minimum atomic E-state index is -4.92. The van der Waals surface area contributed by atoms with E-state index in [2.05, 4.69) is 0 Å². The summed E-state index contributed by atoms with van der Waals surface area (Å²) in [6.07, 6.45) is -1.85. The summed E-state index contributed by atoms with van der Waals surface area (Å²) < 4.78 is 50.7. The van der Waals surface area contributed by atoms with Crippen LogP contribution in [0.5, 0.6) is 0 Å². The van der Waals surface area contributed by atoms with Gasteiger partial charge in [-0.3, -0.25) is 9.36 Å². The molecule has 12 heteroatoms. The maximum absolute atomic E-state index is 13.1. The Balaban J connectivity index is 1.93. The SMILES string of the molecule is Cn1c(C(F)(F)F)cc(=O)n(-c2ccc(Cl)c(C(=O)OC(C)(C)C(=O)OC3CCCC3)c2)c1=O. The lowest BCUT2D eigenvalue weighted by molar-refractivity contribution is -0.167. The summed E-state index contributed by atoms with van der Waals surface area (Å²) in [6.45, 7) is 2.69. The number of carbonyl (C=O) groups excluding carboxylic acids is 2. The second-order valence-corrected chi connectivity index (χ2v) is 8.83. The van der Waals surface area contributed by atoms with E-state index in [4.69, 9.17) is 21.1 Å². The molecule has 1 aliphatic carbocycles. The third-order valence-corrected chi connectivity index (χ3v) is 5.78. The van der Waals surface area contributed by atoms with Crippen molar-refractivity contribution in [1.29, 1.82) is 0 Å². The van der Waals surface area contributed by atoms with Crippen LogP contribution in [0.2, 0.25) is 5.02 Å². The number of carbonyl (C=O) groups is 2. The number of alkyl halides is 3. The van der Waals surface area contributed by atoms with E-state index in [1.165, 1.54) is 26.0 Å². The standard InChI is InChI=1S/C22H22ClF3N2O6/c1-21(2,19(31)33-13-6-4-5-7-13)34-18(30)14-10-12(8-9-15(14)23)28-17(29)11-16(22(24,25)26)27(3)20(28)32/h8-11,13H,4-7H2,1-3H3. The molecule has 2 aromatic rings. The quantitative estimate of drug-likeness (QED) is 0.579. The summed E-state index contributed by atoms with van der Waals surface area (Å²) >= 11 is 6.08. The van der Waals surface area contributed by atoms with Crippen LogP contribution in [-0.2, 0) is 27.5 Å². The van der Waals surface area contributed by atoms with E-state index in [9.17, 15) is 32.3 Å². The molecule has 0 radical (unpaired) electrons. The second-order valence-electron chi connectivity index (χ2n) is 8.42. The number of rotatable bonds is 5. The fourth-order valence-corrected chi connectivity index (χ4v) is 3.77. The Hall–Kier alpha value is -3.08. The van der Waals surface area contributed by atoms with Crippen molar-refractivity contribution < 1.29 is 32.2 Å². The number of hydrogen-bond donors (Lipinski definition) is 0. The summed E-state index contributed by atoms with van der Waals surface area (Å²) in [5.41, 5.74) is -6.12. The third-order valence-electron chi connectivity index (χ3n) is 5.45. The van der Waals surface area contributed by atoms with Crippen LogP contribution < -0.4 is 11.2 Å². The van der Waals surface area contributed by atoms with Crippen LogP contribution >= 0.6 is 11.6 Å². The summed E-state index contributed by atoms with van der Waals surface area (Å²) in [4.78, 5) is 50.2. The fourth-order valence-electron chi connectivity index (χ4n) is 3.57. The predicted octanol–water partition coefficient (Wildman–Crippen LogP) is 3.63. The van der Waals surface area contributed by atoms with Gasteiger partial charge in [-0.15, -0.1) is 0 Å². The predicted molar refractivity (Wildman–Crippen MR) is 115 cm³/mol. The van der Waals surface area contributed by atoms with Crippen LogP contribution in [0.3, 0.4) is 0 Å². The highest BCUT2D eigenvalue weighted by Crippen LogP contribution is 2.28. The highest BCUT2D eigenvalue weighted by molar-refractivity contribution is 6.33. The number of ether oxygens (including phenoxy) is 2. The zero-order chi connectivity index (χ0) is 25.4. The molecule has 0 bridgehead atoms. The van der Waals surface area contributed by atoms with Gasteiger partial charge in [-0.25, -0.2) is 19.0 Å². The lowest BCUT2D eigenvalue weighted by Gasteiger charge is -2.25. The van der Waals surface area contributed by atoms with Gasteiger partial charge in [0, 0.05) is 13.1 Å². The Morgan fingerprint density at radius 2 is 1.71 bits per heavy atom. The minimum Gasteiger partial charge on any atom is -0.459 e. The van der Waals surface area contributed by atoms with Crippen LogP contribution in [0.15, 0.2) is 33.9 Å². The molecule has 0 unspecified atom stereocenters. The third kappa shape index (κ3) is 5.19. The van der Waals surface area contributed by atoms with E-state index in [1.54, 1.807) is 0 Å². The van der Waals surface area contributed by atoms with E-state index in [-0.39, 0.29) is 33.0 Å². The van der Waals surface area contributed by atoms with Crippen molar-refractivity contribution in [2.45, 2.75) is 57.4 Å². The zero-order valence-electron chi connectivity index (χ0n) is 18.6. The maximum Gasteiger partial charge on any atom is 0.431 e. The summed E-state index contributed by atoms with van der Waals surface area (Å²) in [5, 5.41) is -0.120. The smallest absolute Gasteiger partial charge is 0.431 e. The average Bonchev–Trinajstić information content (AvgIpc) is 3.23. The molecule has 1 heterocycles. The molecule has 34 heavy (non-hydrogen) atoms. The molecule has 1 aromatic heterocycles. The Kier molecular flexibility index (Phi) is 6.97. The Labute approximate surface area is 196 Å². The molecular formula is C22H22ClF3N2O6. The van der Waals surface area contributed by atoms with Gasteiger partial charge in [0.1, 0.15) is 11.8 Å². The Bertz CT molecular complexity index is 1240. The number of hydrogen-bond acceptors (Lipinski definition) is 6. The average molecular weight is 503 g/mol. The maximum atomic E-state index is 13.1. The van der Waals surface area contributed by atoms with Gasteiger partial charge >= 0.3 is 23.8 Å². The first kappa shape index (κ1) is 25.5. The number of esters is 2. The van der Waals surface area contributed by atoms with Crippen LogP contribution in [0.25, 0.3) is 5.69 Å². The zero-order valence-corrected chi connectivity index (χ0v) is 19.3. The molecule has 0 aliphatic heterocycles. The second kappa shape index (κ2) is 9.28. The van der Waals surface area contributed by atoms with Gasteiger partial charge in [0.2, 0.25) is 5.60 Å². The molecule has 3 rings (SSSR count). The van der Waals surface area contributed by atoms with Gasteiger partial charge in [0.15, 0.2) is 0 Å². The van der Waals surface area contributed by atoms with Crippen molar-refractivity contribution in [1.82, 2.24) is 9.13 Å². The Morgan fingerprint density at radius 3 is 2.29 bits per heavy atom. The first-order chi connectivity index (χ1) is 15.7. The molecule has 1 saturated carbocycles. The van der Waals surface area contributed by atoms with Gasteiger partial charge in [-0.1, -0.05) is 11.6 Å². The highest BCUT2D eigenvalue weighted by atomic mass is 35.5. The molecule has 0 N–H and O–H groups in total. The molecular weight excluding hydrogens is 481 g/mol. The van der Waals surface area contributed by atoms with E-state index < -0.39 is 40.7 Å². The normalized spacial score (nSPS) is 14.8. The highest BCUT2D eigenvalue weighted by Gasteiger charge is 2.37. The lowest BCUT2D eigenvalue weighted by Crippen LogP contribution is -2.41. The molecule has 0 atom stereocenters. The van der Waals surface area contributed by atoms with Crippen molar-refractivity contribution in [3.63, 3.8) is 0 Å². The molecule has 1 fully saturated rings. The van der Waals surface area contributed by atoms with Crippen LogP contribution in [0.4, 0.5) is 13.2 Å². The first-order valence-electron chi connectivity index (χ1n) is 10.4. The lowest BCUT2D eigenvalue weighted by atomic mass is 10.1. The van der Waals surface area contributed by atoms with Crippen molar-refractivity contribution >= 4 is 23.5 Å². The van der Waals surface area contributed by atoms with Gasteiger partial charge in [-0.05, 0) is 57.7 Å². The minimum absolute atomic E-state index is 0.120. The molecule has 0 spiro atoms. The monoisotopic (exact) mass is 502 g/mol. The van der Waals surface area contributed by atoms with E-state index in [0.717, 1.165) is 38.8 Å². The van der Waals surface area contributed by atoms with Crippen LogP contribution in [0, 0.1) is 0 Å². The van der Waals surface area contributed by atoms with Crippen molar-refractivity contribution in [3.05, 3.63) is 61.4 Å². The largest absolute Gasteiger partial charge is 0.459 e. The van der Waals surface area contributed by atoms with E-state index in [0.29, 0.717) is 4.57 Å². The van der Waals surface area contributed by atoms with Gasteiger partial charge < -0.3 is 9.47 Å².